The standard InChI is InChI=1S/C17H18F14O4S/c1-9(2)11(32)35-4-6-36(33,34)5-3-10(7-12(18,14(20,21)22)15(23,24)25)8-13(19,16(26,27)28)17(29,30)31/h10H,1,3-8H2,2H3. The molecule has 0 aromatic rings. The summed E-state index contributed by atoms with van der Waals surface area (Å²) in [5.74, 6) is -7.45. The minimum absolute atomic E-state index is 0.232. The number of ether oxygens (including phenoxy) is 1. The fourth-order valence-electron chi connectivity index (χ4n) is 2.69. The van der Waals surface area contributed by atoms with Crippen molar-refractivity contribution in [1.29, 1.82) is 0 Å². The van der Waals surface area contributed by atoms with Crippen molar-refractivity contribution >= 4 is 15.8 Å². The molecule has 0 spiro atoms. The van der Waals surface area contributed by atoms with Crippen LogP contribution in [0.3, 0.4) is 0 Å². The number of esters is 1. The molecule has 0 rings (SSSR count). The normalized spacial score (nSPS) is 14.8. The van der Waals surface area contributed by atoms with Gasteiger partial charge in [0.25, 0.3) is 11.3 Å². The second-order valence-corrected chi connectivity index (χ2v) is 10.0. The molecule has 36 heavy (non-hydrogen) atoms. The number of halogens is 14. The second-order valence-electron chi connectivity index (χ2n) is 7.72. The van der Waals surface area contributed by atoms with E-state index >= 15 is 0 Å². The summed E-state index contributed by atoms with van der Waals surface area (Å²) < 4.78 is 210. The SMILES string of the molecule is C=C(C)C(=O)OCCS(=O)(=O)CCC(CC(F)(C(F)(F)F)C(F)(F)F)CC(F)(C(F)(F)F)C(F)(F)F. The second kappa shape index (κ2) is 10.9. The van der Waals surface area contributed by atoms with Crippen molar-refractivity contribution in [2.75, 3.05) is 18.1 Å². The quantitative estimate of drug-likeness (QED) is 0.171. The van der Waals surface area contributed by atoms with Gasteiger partial charge in [0.15, 0.2) is 9.84 Å². The molecule has 0 aromatic heterocycles. The summed E-state index contributed by atoms with van der Waals surface area (Å²) in [5.41, 5.74) is -13.0. The molecule has 0 amide bonds. The first-order valence-corrected chi connectivity index (χ1v) is 11.1. The lowest BCUT2D eigenvalue weighted by Gasteiger charge is -2.37. The van der Waals surface area contributed by atoms with Crippen LogP contribution in [0.2, 0.25) is 0 Å². The fourth-order valence-corrected chi connectivity index (χ4v) is 3.92. The Balaban J connectivity index is 6.18. The van der Waals surface area contributed by atoms with E-state index in [0.717, 1.165) is 6.92 Å². The molecule has 4 nitrogen and oxygen atoms in total. The Morgan fingerprint density at radius 1 is 0.722 bits per heavy atom. The molecule has 0 fully saturated rings. The number of sulfone groups is 1. The van der Waals surface area contributed by atoms with E-state index in [1.54, 1.807) is 0 Å². The highest BCUT2D eigenvalue weighted by molar-refractivity contribution is 7.91. The minimum Gasteiger partial charge on any atom is -0.461 e. The maximum absolute atomic E-state index is 14.1. The minimum atomic E-state index is -6.92. The van der Waals surface area contributed by atoms with Gasteiger partial charge in [-0.3, -0.25) is 0 Å². The zero-order valence-electron chi connectivity index (χ0n) is 17.9. The van der Waals surface area contributed by atoms with E-state index in [1.165, 1.54) is 0 Å². The summed E-state index contributed by atoms with van der Waals surface area (Å²) in [6.45, 7) is 3.24. The van der Waals surface area contributed by atoms with Crippen LogP contribution in [-0.2, 0) is 19.4 Å². The van der Waals surface area contributed by atoms with Gasteiger partial charge in [-0.2, -0.15) is 52.7 Å². The third-order valence-electron chi connectivity index (χ3n) is 4.75. The molecule has 214 valence electrons. The Bertz CT molecular complexity index is 815. The average Bonchev–Trinajstić information content (AvgIpc) is 2.62. The summed E-state index contributed by atoms with van der Waals surface area (Å²) >= 11 is 0. The number of carbonyl (C=O) groups excluding carboxylic acids is 1. The Kier molecular flexibility index (Phi) is 10.3. The van der Waals surface area contributed by atoms with Gasteiger partial charge in [0.2, 0.25) is 0 Å². The summed E-state index contributed by atoms with van der Waals surface area (Å²) in [4.78, 5) is 11.2. The lowest BCUT2D eigenvalue weighted by Crippen LogP contribution is -2.57. The third kappa shape index (κ3) is 8.36. The van der Waals surface area contributed by atoms with E-state index in [-0.39, 0.29) is 5.57 Å². The molecule has 19 heteroatoms. The largest absolute Gasteiger partial charge is 0.461 e. The van der Waals surface area contributed by atoms with Crippen LogP contribution in [0, 0.1) is 5.92 Å². The fraction of sp³-hybridized carbons (Fsp3) is 0.824. The summed E-state index contributed by atoms with van der Waals surface area (Å²) in [7, 11) is -4.73. The predicted molar refractivity (Wildman–Crippen MR) is 93.7 cm³/mol. The zero-order valence-corrected chi connectivity index (χ0v) is 18.7. The van der Waals surface area contributed by atoms with Gasteiger partial charge in [0, 0.05) is 18.4 Å². The van der Waals surface area contributed by atoms with Crippen LogP contribution in [0.1, 0.15) is 26.2 Å². The summed E-state index contributed by atoms with van der Waals surface area (Å²) in [5, 5.41) is 0. The molecular weight excluding hydrogens is 566 g/mol. The van der Waals surface area contributed by atoms with Crippen molar-refractivity contribution in [1.82, 2.24) is 0 Å². The monoisotopic (exact) mass is 584 g/mol. The van der Waals surface area contributed by atoms with Gasteiger partial charge in [-0.05, 0) is 19.3 Å². The molecule has 0 saturated heterocycles. The summed E-state index contributed by atoms with van der Waals surface area (Å²) in [6, 6.07) is 0. The predicted octanol–water partition coefficient (Wildman–Crippen LogP) is 5.97. The van der Waals surface area contributed by atoms with Crippen LogP contribution < -0.4 is 0 Å². The maximum atomic E-state index is 14.1. The first kappa shape index (κ1) is 34.2. The molecule has 0 radical (unpaired) electrons. The first-order chi connectivity index (χ1) is 15.6. The molecule has 0 aliphatic rings. The van der Waals surface area contributed by atoms with Crippen LogP contribution in [0.4, 0.5) is 61.5 Å². The maximum Gasteiger partial charge on any atom is 0.431 e. The molecule has 0 saturated carbocycles. The number of hydrogen-bond acceptors (Lipinski definition) is 4. The lowest BCUT2D eigenvalue weighted by atomic mass is 9.81. The average molecular weight is 584 g/mol. The van der Waals surface area contributed by atoms with E-state index in [0.29, 0.717) is 0 Å². The van der Waals surface area contributed by atoms with E-state index < -0.39 is 95.1 Å². The third-order valence-corrected chi connectivity index (χ3v) is 6.40. The Morgan fingerprint density at radius 2 is 1.06 bits per heavy atom. The van der Waals surface area contributed by atoms with E-state index in [1.807, 2.05) is 0 Å². The molecule has 0 bridgehead atoms. The van der Waals surface area contributed by atoms with E-state index in [9.17, 15) is 74.7 Å². The van der Waals surface area contributed by atoms with Crippen molar-refractivity contribution in [3.05, 3.63) is 12.2 Å². The van der Waals surface area contributed by atoms with Gasteiger partial charge in [-0.25, -0.2) is 22.0 Å². The van der Waals surface area contributed by atoms with Crippen molar-refractivity contribution in [3.8, 4) is 0 Å². The molecule has 0 aliphatic carbocycles. The number of alkyl halides is 14. The summed E-state index contributed by atoms with van der Waals surface area (Å²) in [6.07, 6.45) is -35.9. The van der Waals surface area contributed by atoms with E-state index in [2.05, 4.69) is 11.3 Å². The smallest absolute Gasteiger partial charge is 0.431 e. The molecule has 0 heterocycles. The van der Waals surface area contributed by atoms with Gasteiger partial charge in [0.1, 0.15) is 6.61 Å². The molecule has 0 atom stereocenters. The molecule has 0 aliphatic heterocycles. The number of rotatable bonds is 11. The van der Waals surface area contributed by atoms with Crippen molar-refractivity contribution < 1.29 is 79.4 Å². The van der Waals surface area contributed by atoms with Crippen molar-refractivity contribution in [3.63, 3.8) is 0 Å². The van der Waals surface area contributed by atoms with Crippen molar-refractivity contribution in [2.24, 2.45) is 5.92 Å². The van der Waals surface area contributed by atoms with Gasteiger partial charge in [-0.15, -0.1) is 0 Å². The van der Waals surface area contributed by atoms with Gasteiger partial charge in [0.05, 0.1) is 11.5 Å². The lowest BCUT2D eigenvalue weighted by molar-refractivity contribution is -0.356. The van der Waals surface area contributed by atoms with Crippen LogP contribution in [-0.4, -0.2) is 68.5 Å². The molecule has 0 unspecified atom stereocenters. The highest BCUT2D eigenvalue weighted by atomic mass is 32.2. The van der Waals surface area contributed by atoms with Crippen LogP contribution in [0.25, 0.3) is 0 Å². The van der Waals surface area contributed by atoms with Crippen molar-refractivity contribution in [2.45, 2.75) is 62.2 Å². The van der Waals surface area contributed by atoms with Gasteiger partial charge in [-0.1, -0.05) is 6.58 Å². The Labute approximate surface area is 194 Å². The Hall–Kier alpha value is -1.82. The highest BCUT2D eigenvalue weighted by Crippen LogP contribution is 2.54. The van der Waals surface area contributed by atoms with E-state index in [4.69, 9.17) is 0 Å². The topological polar surface area (TPSA) is 60.4 Å². The zero-order chi connectivity index (χ0) is 29.2. The van der Waals surface area contributed by atoms with Crippen LogP contribution in [0.5, 0.6) is 0 Å². The molecule has 0 N–H and O–H groups in total. The first-order valence-electron chi connectivity index (χ1n) is 9.29. The highest BCUT2D eigenvalue weighted by Gasteiger charge is 2.75. The van der Waals surface area contributed by atoms with Gasteiger partial charge >= 0.3 is 30.7 Å². The molecular formula is C17H18F14O4S. The van der Waals surface area contributed by atoms with Crippen LogP contribution >= 0.6 is 0 Å². The number of hydrogen-bond donors (Lipinski definition) is 0. The number of carbonyl (C=O) groups is 1. The van der Waals surface area contributed by atoms with Gasteiger partial charge < -0.3 is 4.74 Å². The Morgan fingerprint density at radius 3 is 1.33 bits per heavy atom. The molecule has 0 aromatic carbocycles. The van der Waals surface area contributed by atoms with Crippen LogP contribution in [0.15, 0.2) is 12.2 Å².